The number of allylic oxidation sites excluding steroid dienone is 1. The molecule has 0 aromatic rings. The Morgan fingerprint density at radius 1 is 1.14 bits per heavy atom. The monoisotopic (exact) mass is 524 g/mol. The summed E-state index contributed by atoms with van der Waals surface area (Å²) in [6, 6.07) is 0. The molecule has 0 aromatic carbocycles. The van der Waals surface area contributed by atoms with Gasteiger partial charge in [0.1, 0.15) is 0 Å². The molecule has 8 atom stereocenters. The van der Waals surface area contributed by atoms with E-state index in [0.717, 1.165) is 12.8 Å². The standard InChI is InChI=1S/C28H48O7Si/c1-18(19-14-15-20-21(35-36(8,9)10)12-11-17-27(19,20)5)13-16-22(32-25(30)31-7)28(6)23(29)33-24(34-28)26(2,3)4/h13,16,18-22,24H,11-12,14-15,17H2,1-10H3/t18-,19-,20?,21?,22?,24-,27+,28-/m1/s1. The minimum atomic E-state index is -1.62. The Bertz CT molecular complexity index is 844. The fraction of sp³-hybridized carbons (Fsp3) is 0.857. The van der Waals surface area contributed by atoms with Gasteiger partial charge >= 0.3 is 12.1 Å². The molecule has 0 radical (unpaired) electrons. The molecule has 2 saturated carbocycles. The molecule has 206 valence electrons. The van der Waals surface area contributed by atoms with E-state index < -0.39 is 43.9 Å². The van der Waals surface area contributed by atoms with E-state index in [9.17, 15) is 9.59 Å². The van der Waals surface area contributed by atoms with Crippen LogP contribution in [-0.2, 0) is 28.2 Å². The molecule has 36 heavy (non-hydrogen) atoms. The molecule has 0 spiro atoms. The number of hydrogen-bond acceptors (Lipinski definition) is 7. The lowest BCUT2D eigenvalue weighted by atomic mass is 9.62. The molecule has 0 N–H and O–H groups in total. The van der Waals surface area contributed by atoms with E-state index in [4.69, 9.17) is 23.4 Å². The zero-order valence-corrected chi connectivity index (χ0v) is 25.0. The molecule has 8 heteroatoms. The van der Waals surface area contributed by atoms with E-state index in [2.05, 4.69) is 39.6 Å². The first-order chi connectivity index (χ1) is 16.5. The van der Waals surface area contributed by atoms with Crippen molar-refractivity contribution in [3.63, 3.8) is 0 Å². The van der Waals surface area contributed by atoms with Crippen LogP contribution in [0.2, 0.25) is 19.6 Å². The van der Waals surface area contributed by atoms with E-state index in [1.165, 1.54) is 26.4 Å². The van der Waals surface area contributed by atoms with Gasteiger partial charge in [0.2, 0.25) is 11.9 Å². The largest absolute Gasteiger partial charge is 0.508 e. The maximum atomic E-state index is 12.9. The van der Waals surface area contributed by atoms with E-state index in [1.807, 2.05) is 20.8 Å². The van der Waals surface area contributed by atoms with Crippen LogP contribution in [0.1, 0.15) is 73.6 Å². The summed E-state index contributed by atoms with van der Waals surface area (Å²) in [5, 5.41) is 0. The Kier molecular flexibility index (Phi) is 8.44. The molecule has 2 aliphatic carbocycles. The molecule has 0 amide bonds. The molecule has 0 bridgehead atoms. The van der Waals surface area contributed by atoms with Gasteiger partial charge in [0.25, 0.3) is 0 Å². The highest BCUT2D eigenvalue weighted by atomic mass is 28.4. The number of esters is 1. The average molecular weight is 525 g/mol. The number of ether oxygens (including phenoxy) is 4. The number of carbonyl (C=O) groups excluding carboxylic acids is 2. The maximum Gasteiger partial charge on any atom is 0.508 e. The van der Waals surface area contributed by atoms with Crippen molar-refractivity contribution in [2.45, 2.75) is 117 Å². The van der Waals surface area contributed by atoms with Gasteiger partial charge in [-0.2, -0.15) is 0 Å². The van der Waals surface area contributed by atoms with Crippen molar-refractivity contribution in [2.24, 2.45) is 28.6 Å². The Hall–Kier alpha value is -1.38. The lowest BCUT2D eigenvalue weighted by molar-refractivity contribution is -0.162. The number of cyclic esters (lactones) is 1. The zero-order valence-electron chi connectivity index (χ0n) is 24.0. The molecule has 1 heterocycles. The van der Waals surface area contributed by atoms with Crippen molar-refractivity contribution in [2.75, 3.05) is 7.11 Å². The third-order valence-electron chi connectivity index (χ3n) is 8.48. The lowest BCUT2D eigenvalue weighted by Gasteiger charge is -2.47. The van der Waals surface area contributed by atoms with Crippen LogP contribution in [-0.4, -0.2) is 51.7 Å². The highest BCUT2D eigenvalue weighted by Crippen LogP contribution is 2.58. The van der Waals surface area contributed by atoms with Crippen LogP contribution in [0.5, 0.6) is 0 Å². The highest BCUT2D eigenvalue weighted by Gasteiger charge is 2.57. The zero-order chi connectivity index (χ0) is 27.1. The van der Waals surface area contributed by atoms with Crippen LogP contribution in [0.15, 0.2) is 12.2 Å². The van der Waals surface area contributed by atoms with E-state index in [1.54, 1.807) is 13.0 Å². The summed E-state index contributed by atoms with van der Waals surface area (Å²) in [6.07, 6.45) is 7.54. The van der Waals surface area contributed by atoms with Gasteiger partial charge in [0.15, 0.2) is 14.4 Å². The van der Waals surface area contributed by atoms with Gasteiger partial charge in [0.05, 0.1) is 7.11 Å². The summed E-state index contributed by atoms with van der Waals surface area (Å²) in [7, 11) is -0.366. The van der Waals surface area contributed by atoms with Crippen LogP contribution >= 0.6 is 0 Å². The van der Waals surface area contributed by atoms with E-state index in [-0.39, 0.29) is 11.3 Å². The summed E-state index contributed by atoms with van der Waals surface area (Å²) in [6.45, 7) is 18.9. The molecule has 1 saturated heterocycles. The minimum absolute atomic E-state index is 0.203. The van der Waals surface area contributed by atoms with Gasteiger partial charge in [-0.15, -0.1) is 0 Å². The van der Waals surface area contributed by atoms with Gasteiger partial charge in [0, 0.05) is 11.5 Å². The normalized spacial score (nSPS) is 36.9. The van der Waals surface area contributed by atoms with Gasteiger partial charge < -0.3 is 23.4 Å². The third-order valence-corrected chi connectivity index (χ3v) is 9.49. The summed E-state index contributed by atoms with van der Waals surface area (Å²) < 4.78 is 28.6. The van der Waals surface area contributed by atoms with Crippen LogP contribution in [0.4, 0.5) is 4.79 Å². The Morgan fingerprint density at radius 2 is 1.81 bits per heavy atom. The molecule has 3 rings (SSSR count). The Morgan fingerprint density at radius 3 is 2.36 bits per heavy atom. The minimum Gasteiger partial charge on any atom is -0.438 e. The highest BCUT2D eigenvalue weighted by molar-refractivity contribution is 6.69. The van der Waals surface area contributed by atoms with E-state index in [0.29, 0.717) is 17.9 Å². The summed E-state index contributed by atoms with van der Waals surface area (Å²) in [4.78, 5) is 25.0. The second-order valence-corrected chi connectivity index (χ2v) is 18.0. The SMILES string of the molecule is COC(=O)OC(C=C[C@@H](C)[C@H]1CCC2C(O[Si](C)(C)C)CCC[C@]21C)[C@@]1(C)O[C@H](C(C)(C)C)OC1=O. The van der Waals surface area contributed by atoms with Crippen molar-refractivity contribution in [3.05, 3.63) is 12.2 Å². The number of carbonyl (C=O) groups is 2. The van der Waals surface area contributed by atoms with Crippen molar-refractivity contribution in [3.8, 4) is 0 Å². The first-order valence-electron chi connectivity index (χ1n) is 13.5. The van der Waals surface area contributed by atoms with Crippen LogP contribution in [0.25, 0.3) is 0 Å². The quantitative estimate of drug-likeness (QED) is 0.214. The molecule has 0 aromatic heterocycles. The van der Waals surface area contributed by atoms with Gasteiger partial charge in [-0.05, 0) is 81.5 Å². The number of methoxy groups -OCH3 is 1. The van der Waals surface area contributed by atoms with Crippen molar-refractivity contribution >= 4 is 20.4 Å². The third kappa shape index (κ3) is 6.02. The van der Waals surface area contributed by atoms with E-state index >= 15 is 0 Å². The Balaban J connectivity index is 1.81. The fourth-order valence-electron chi connectivity index (χ4n) is 6.56. The number of fused-ring (bicyclic) bond motifs is 1. The summed E-state index contributed by atoms with van der Waals surface area (Å²) in [5.41, 5.74) is -1.66. The van der Waals surface area contributed by atoms with Gasteiger partial charge in [-0.25, -0.2) is 9.59 Å². The predicted octanol–water partition coefficient (Wildman–Crippen LogP) is 6.47. The second-order valence-electron chi connectivity index (χ2n) is 13.5. The van der Waals surface area contributed by atoms with Crippen LogP contribution in [0.3, 0.4) is 0 Å². The molecule has 7 nitrogen and oxygen atoms in total. The molecular weight excluding hydrogens is 476 g/mol. The molecule has 1 aliphatic heterocycles. The average Bonchev–Trinajstić information content (AvgIpc) is 3.27. The van der Waals surface area contributed by atoms with Gasteiger partial charge in [-0.3, -0.25) is 0 Å². The maximum absolute atomic E-state index is 12.9. The predicted molar refractivity (Wildman–Crippen MR) is 141 cm³/mol. The van der Waals surface area contributed by atoms with Crippen molar-refractivity contribution < 1.29 is 33.0 Å². The first-order valence-corrected chi connectivity index (χ1v) is 16.9. The fourth-order valence-corrected chi connectivity index (χ4v) is 7.75. The van der Waals surface area contributed by atoms with Gasteiger partial charge in [-0.1, -0.05) is 47.1 Å². The number of rotatable bonds is 7. The summed E-state index contributed by atoms with van der Waals surface area (Å²) in [5.74, 6) is 0.741. The topological polar surface area (TPSA) is 80.3 Å². The Labute approximate surface area is 218 Å². The first kappa shape index (κ1) is 29.2. The lowest BCUT2D eigenvalue weighted by Crippen LogP contribution is -2.47. The molecule has 3 aliphatic rings. The second kappa shape index (κ2) is 10.4. The smallest absolute Gasteiger partial charge is 0.438 e. The molecule has 3 unspecified atom stereocenters. The van der Waals surface area contributed by atoms with Crippen molar-refractivity contribution in [1.29, 1.82) is 0 Å². The van der Waals surface area contributed by atoms with Crippen molar-refractivity contribution in [1.82, 2.24) is 0 Å². The van der Waals surface area contributed by atoms with Crippen LogP contribution < -0.4 is 0 Å². The summed E-state index contributed by atoms with van der Waals surface area (Å²) >= 11 is 0. The molecular formula is C28H48O7Si. The molecule has 3 fully saturated rings. The number of hydrogen-bond donors (Lipinski definition) is 0. The van der Waals surface area contributed by atoms with Crippen LogP contribution in [0, 0.1) is 28.6 Å².